The van der Waals surface area contributed by atoms with Gasteiger partial charge in [0.05, 0.1) is 6.04 Å². The van der Waals surface area contributed by atoms with Crippen molar-refractivity contribution in [2.24, 2.45) is 14.1 Å². The van der Waals surface area contributed by atoms with Crippen molar-refractivity contribution in [3.63, 3.8) is 0 Å². The van der Waals surface area contributed by atoms with Crippen LogP contribution >= 0.6 is 0 Å². The maximum absolute atomic E-state index is 12.0. The molecule has 0 saturated heterocycles. The van der Waals surface area contributed by atoms with E-state index < -0.39 is 11.2 Å². The first-order valence-electron chi connectivity index (χ1n) is 6.84. The van der Waals surface area contributed by atoms with Gasteiger partial charge < -0.3 is 5.32 Å². The number of hydrogen-bond acceptors (Lipinski definition) is 5. The molecule has 2 rings (SSSR count). The summed E-state index contributed by atoms with van der Waals surface area (Å²) in [5.74, 6) is 0.224. The van der Waals surface area contributed by atoms with Crippen molar-refractivity contribution in [3.05, 3.63) is 44.9 Å². The van der Waals surface area contributed by atoms with E-state index in [1.807, 2.05) is 32.2 Å². The molecule has 0 spiro atoms. The van der Waals surface area contributed by atoms with Crippen molar-refractivity contribution < 1.29 is 0 Å². The SMILES string of the molecule is CC(Nc1c(C#N)c(=O)n(C)c(=O)n1C)C(C)n1cccn1. The molecule has 0 saturated carbocycles. The molecule has 0 radical (unpaired) electrons. The van der Waals surface area contributed by atoms with Gasteiger partial charge in [-0.2, -0.15) is 10.4 Å². The lowest BCUT2D eigenvalue weighted by Gasteiger charge is -2.24. The van der Waals surface area contributed by atoms with E-state index in [9.17, 15) is 14.9 Å². The van der Waals surface area contributed by atoms with E-state index in [1.165, 1.54) is 18.7 Å². The average Bonchev–Trinajstić information content (AvgIpc) is 3.04. The van der Waals surface area contributed by atoms with Gasteiger partial charge in [0.2, 0.25) is 0 Å². The molecule has 0 aromatic carbocycles. The van der Waals surface area contributed by atoms with E-state index in [1.54, 1.807) is 10.9 Å². The average molecular weight is 302 g/mol. The monoisotopic (exact) mass is 302 g/mol. The van der Waals surface area contributed by atoms with Crippen LogP contribution in [0.2, 0.25) is 0 Å². The van der Waals surface area contributed by atoms with Crippen LogP contribution in [0, 0.1) is 11.3 Å². The lowest BCUT2D eigenvalue weighted by Crippen LogP contribution is -2.41. The summed E-state index contributed by atoms with van der Waals surface area (Å²) in [6.07, 6.45) is 3.51. The molecule has 2 unspecified atom stereocenters. The minimum absolute atomic E-state index is 0.0271. The first-order chi connectivity index (χ1) is 10.4. The number of anilines is 1. The van der Waals surface area contributed by atoms with E-state index in [4.69, 9.17) is 0 Å². The zero-order chi connectivity index (χ0) is 16.4. The molecule has 22 heavy (non-hydrogen) atoms. The molecule has 0 aliphatic carbocycles. The predicted octanol–water partition coefficient (Wildman–Crippen LogP) is 0.214. The predicted molar refractivity (Wildman–Crippen MR) is 81.7 cm³/mol. The van der Waals surface area contributed by atoms with Crippen molar-refractivity contribution in [1.29, 1.82) is 5.26 Å². The van der Waals surface area contributed by atoms with Crippen LogP contribution in [-0.2, 0) is 14.1 Å². The smallest absolute Gasteiger partial charge is 0.332 e. The molecule has 0 aliphatic heterocycles. The van der Waals surface area contributed by atoms with Gasteiger partial charge in [0.1, 0.15) is 11.9 Å². The number of rotatable bonds is 4. The molecule has 2 aromatic rings. The Morgan fingerprint density at radius 2 is 1.95 bits per heavy atom. The summed E-state index contributed by atoms with van der Waals surface area (Å²) in [4.78, 5) is 24.1. The molecule has 2 atom stereocenters. The number of nitrogens with one attached hydrogen (secondary N) is 1. The molecule has 2 aromatic heterocycles. The van der Waals surface area contributed by atoms with Crippen molar-refractivity contribution in [3.8, 4) is 6.07 Å². The van der Waals surface area contributed by atoms with Crippen LogP contribution in [0.4, 0.5) is 5.82 Å². The highest BCUT2D eigenvalue weighted by molar-refractivity contribution is 5.51. The van der Waals surface area contributed by atoms with Crippen LogP contribution in [0.15, 0.2) is 28.0 Å². The molecular formula is C14H18N6O2. The first kappa shape index (κ1) is 15.6. The normalized spacial score (nSPS) is 13.4. The third-order valence-electron chi connectivity index (χ3n) is 3.81. The van der Waals surface area contributed by atoms with Crippen molar-refractivity contribution >= 4 is 5.82 Å². The van der Waals surface area contributed by atoms with Gasteiger partial charge in [0, 0.05) is 32.5 Å². The van der Waals surface area contributed by atoms with Crippen LogP contribution in [0.1, 0.15) is 25.5 Å². The number of aromatic nitrogens is 4. The Hall–Kier alpha value is -2.82. The molecule has 116 valence electrons. The Bertz CT molecular complexity index is 825. The third kappa shape index (κ3) is 2.53. The molecule has 0 bridgehead atoms. The van der Waals surface area contributed by atoms with E-state index >= 15 is 0 Å². The van der Waals surface area contributed by atoms with Crippen LogP contribution in [-0.4, -0.2) is 25.0 Å². The Kier molecular flexibility index (Phi) is 4.17. The summed E-state index contributed by atoms with van der Waals surface area (Å²) in [5, 5.41) is 16.5. The van der Waals surface area contributed by atoms with Gasteiger partial charge >= 0.3 is 5.69 Å². The third-order valence-corrected chi connectivity index (χ3v) is 3.81. The molecule has 0 fully saturated rings. The van der Waals surface area contributed by atoms with Crippen molar-refractivity contribution in [1.82, 2.24) is 18.9 Å². The second-order valence-corrected chi connectivity index (χ2v) is 5.20. The van der Waals surface area contributed by atoms with E-state index in [-0.39, 0.29) is 23.5 Å². The summed E-state index contributed by atoms with van der Waals surface area (Å²) < 4.78 is 3.96. The standard InChI is InChI=1S/C14H18N6O2/c1-9(10(2)20-7-5-6-16-20)17-12-11(8-15)13(21)19(4)14(22)18(12)3/h5-7,9-10,17H,1-4H3. The van der Waals surface area contributed by atoms with Gasteiger partial charge in [0.15, 0.2) is 5.56 Å². The van der Waals surface area contributed by atoms with E-state index in [0.717, 1.165) is 4.57 Å². The zero-order valence-corrected chi connectivity index (χ0v) is 12.9. The van der Waals surface area contributed by atoms with Crippen LogP contribution in [0.25, 0.3) is 0 Å². The maximum Gasteiger partial charge on any atom is 0.332 e. The van der Waals surface area contributed by atoms with Crippen molar-refractivity contribution in [2.75, 3.05) is 5.32 Å². The Morgan fingerprint density at radius 1 is 1.27 bits per heavy atom. The van der Waals surface area contributed by atoms with Crippen LogP contribution in [0.5, 0.6) is 0 Å². The topological polar surface area (TPSA) is 97.6 Å². The fourth-order valence-corrected chi connectivity index (χ4v) is 2.20. The molecule has 8 heteroatoms. The fourth-order valence-electron chi connectivity index (χ4n) is 2.20. The summed E-state index contributed by atoms with van der Waals surface area (Å²) in [5.41, 5.74) is -1.17. The lowest BCUT2D eigenvalue weighted by molar-refractivity contribution is 0.441. The van der Waals surface area contributed by atoms with Gasteiger partial charge in [-0.1, -0.05) is 0 Å². The van der Waals surface area contributed by atoms with E-state index in [2.05, 4.69) is 10.4 Å². The van der Waals surface area contributed by atoms with E-state index in [0.29, 0.717) is 0 Å². The quantitative estimate of drug-likeness (QED) is 0.871. The minimum atomic E-state index is -0.605. The zero-order valence-electron chi connectivity index (χ0n) is 12.9. The molecule has 1 N–H and O–H groups in total. The molecule has 0 aliphatic rings. The fraction of sp³-hybridized carbons (Fsp3) is 0.429. The number of nitriles is 1. The van der Waals surface area contributed by atoms with Gasteiger partial charge in [-0.15, -0.1) is 0 Å². The Morgan fingerprint density at radius 3 is 2.50 bits per heavy atom. The number of hydrogen-bond donors (Lipinski definition) is 1. The molecule has 0 amide bonds. The second kappa shape index (κ2) is 5.89. The molecular weight excluding hydrogens is 284 g/mol. The summed E-state index contributed by atoms with van der Waals surface area (Å²) in [6.45, 7) is 3.85. The lowest BCUT2D eigenvalue weighted by atomic mass is 10.1. The minimum Gasteiger partial charge on any atom is -0.365 e. The van der Waals surface area contributed by atoms with Gasteiger partial charge in [-0.3, -0.25) is 18.6 Å². The molecule has 2 heterocycles. The van der Waals surface area contributed by atoms with Crippen LogP contribution in [0.3, 0.4) is 0 Å². The van der Waals surface area contributed by atoms with Gasteiger partial charge in [0.25, 0.3) is 5.56 Å². The maximum atomic E-state index is 12.0. The Labute approximate surface area is 127 Å². The highest BCUT2D eigenvalue weighted by Crippen LogP contribution is 2.16. The number of nitrogens with zero attached hydrogens (tertiary/aromatic N) is 5. The van der Waals surface area contributed by atoms with Crippen molar-refractivity contribution in [2.45, 2.75) is 25.9 Å². The first-order valence-corrected chi connectivity index (χ1v) is 6.84. The highest BCUT2D eigenvalue weighted by atomic mass is 16.2. The summed E-state index contributed by atoms with van der Waals surface area (Å²) >= 11 is 0. The second-order valence-electron chi connectivity index (χ2n) is 5.20. The van der Waals surface area contributed by atoms with Gasteiger partial charge in [-0.25, -0.2) is 4.79 Å². The molecule has 8 nitrogen and oxygen atoms in total. The highest BCUT2D eigenvalue weighted by Gasteiger charge is 2.20. The largest absolute Gasteiger partial charge is 0.365 e. The summed E-state index contributed by atoms with van der Waals surface area (Å²) in [7, 11) is 2.88. The van der Waals surface area contributed by atoms with Crippen LogP contribution < -0.4 is 16.6 Å². The summed E-state index contributed by atoms with van der Waals surface area (Å²) in [6, 6.07) is 3.52. The van der Waals surface area contributed by atoms with Gasteiger partial charge in [-0.05, 0) is 19.9 Å². The Balaban J connectivity index is 2.44.